The molecule has 0 saturated heterocycles. The minimum atomic E-state index is -0.710. The van der Waals surface area contributed by atoms with E-state index in [0.717, 1.165) is 11.8 Å². The fourth-order valence-corrected chi connectivity index (χ4v) is 1.11. The second-order valence-corrected chi connectivity index (χ2v) is 3.35. The van der Waals surface area contributed by atoms with E-state index in [-0.39, 0.29) is 9.77 Å². The van der Waals surface area contributed by atoms with Crippen LogP contribution in [-0.2, 0) is 14.3 Å². The molecule has 0 bridgehead atoms. The highest BCUT2D eigenvalue weighted by molar-refractivity contribution is 8.23. The van der Waals surface area contributed by atoms with E-state index in [0.29, 0.717) is 0 Å². The molecular weight excluding hydrogens is 212 g/mol. The van der Waals surface area contributed by atoms with Crippen molar-refractivity contribution in [2.45, 2.75) is 0 Å². The predicted molar refractivity (Wildman–Crippen MR) is 54.8 cm³/mol. The van der Waals surface area contributed by atoms with Crippen molar-refractivity contribution in [1.82, 2.24) is 0 Å². The fourth-order valence-electron chi connectivity index (χ4n) is 0.564. The van der Waals surface area contributed by atoms with Crippen LogP contribution in [0.5, 0.6) is 0 Å². The molecule has 0 aliphatic rings. The number of ether oxygens (including phenoxy) is 2. The number of aliphatic hydroxyl groups excluding tert-OH is 1. The fraction of sp³-hybridized carbons (Fsp3) is 0.429. The topological polar surface area (TPSA) is 55.8 Å². The molecule has 0 atom stereocenters. The van der Waals surface area contributed by atoms with Crippen LogP contribution >= 0.6 is 24.0 Å². The van der Waals surface area contributed by atoms with E-state index in [1.54, 1.807) is 6.26 Å². The lowest BCUT2D eigenvalue weighted by Crippen LogP contribution is -2.14. The molecule has 0 aromatic rings. The lowest BCUT2D eigenvalue weighted by molar-refractivity contribution is -0.136. The highest BCUT2D eigenvalue weighted by atomic mass is 32.2. The lowest BCUT2D eigenvalue weighted by atomic mass is 10.3. The second-order valence-electron chi connectivity index (χ2n) is 1.87. The first kappa shape index (κ1) is 12.2. The summed E-state index contributed by atoms with van der Waals surface area (Å²) in [5.41, 5.74) is -0.118. The summed E-state index contributed by atoms with van der Waals surface area (Å²) < 4.78 is 9.14. The number of esters is 1. The van der Waals surface area contributed by atoms with Crippen molar-refractivity contribution in [3.63, 3.8) is 0 Å². The van der Waals surface area contributed by atoms with Gasteiger partial charge in [0.2, 0.25) is 0 Å². The van der Waals surface area contributed by atoms with Crippen molar-refractivity contribution in [3.05, 3.63) is 11.5 Å². The van der Waals surface area contributed by atoms with Gasteiger partial charge in [-0.25, -0.2) is 4.79 Å². The molecule has 0 heterocycles. The first-order valence-electron chi connectivity index (χ1n) is 3.22. The third-order valence-corrected chi connectivity index (χ3v) is 2.47. The molecule has 4 nitrogen and oxygen atoms in total. The standard InChI is InChI=1S/C7H10O4S2/c1-10-5(8)4(6(9)11-2)7(12)13-3/h8H,1-3H3. The van der Waals surface area contributed by atoms with Crippen LogP contribution in [0, 0.1) is 0 Å². The van der Waals surface area contributed by atoms with E-state index >= 15 is 0 Å². The number of aliphatic hydroxyl groups is 1. The van der Waals surface area contributed by atoms with Crippen molar-refractivity contribution in [1.29, 1.82) is 0 Å². The highest BCUT2D eigenvalue weighted by Gasteiger charge is 2.21. The van der Waals surface area contributed by atoms with Gasteiger partial charge in [0.15, 0.2) is 5.57 Å². The number of carbonyl (C=O) groups is 1. The average Bonchev–Trinajstić information content (AvgIpc) is 2.16. The summed E-state index contributed by atoms with van der Waals surface area (Å²) in [5, 5.41) is 9.18. The third kappa shape index (κ3) is 3.23. The largest absolute Gasteiger partial charge is 0.480 e. The molecular formula is C7H10O4S2. The molecule has 6 heteroatoms. The van der Waals surface area contributed by atoms with E-state index < -0.39 is 11.9 Å². The molecule has 13 heavy (non-hydrogen) atoms. The summed E-state index contributed by atoms with van der Waals surface area (Å²) in [6.45, 7) is 0. The van der Waals surface area contributed by atoms with E-state index in [2.05, 4.69) is 9.47 Å². The minimum absolute atomic E-state index is 0.118. The van der Waals surface area contributed by atoms with Crippen LogP contribution in [0.3, 0.4) is 0 Å². The monoisotopic (exact) mass is 222 g/mol. The Labute approximate surface area is 85.9 Å². The van der Waals surface area contributed by atoms with Crippen LogP contribution in [0.1, 0.15) is 0 Å². The maximum absolute atomic E-state index is 11.1. The van der Waals surface area contributed by atoms with Crippen molar-refractivity contribution in [2.75, 3.05) is 20.5 Å². The third-order valence-electron chi connectivity index (χ3n) is 1.19. The Balaban J connectivity index is 4.97. The Morgan fingerprint density at radius 3 is 2.23 bits per heavy atom. The highest BCUT2D eigenvalue weighted by Crippen LogP contribution is 2.14. The number of hydrogen-bond donors (Lipinski definition) is 1. The summed E-state index contributed by atoms with van der Waals surface area (Å²) in [4.78, 5) is 11.1. The van der Waals surface area contributed by atoms with Crippen molar-refractivity contribution in [2.24, 2.45) is 0 Å². The van der Waals surface area contributed by atoms with Gasteiger partial charge < -0.3 is 14.6 Å². The van der Waals surface area contributed by atoms with E-state index in [4.69, 9.17) is 12.2 Å². The van der Waals surface area contributed by atoms with Gasteiger partial charge in [-0.1, -0.05) is 12.2 Å². The molecule has 0 aliphatic carbocycles. The number of thiocarbonyl (C=S) groups is 1. The maximum atomic E-state index is 11.1. The summed E-state index contributed by atoms with van der Waals surface area (Å²) >= 11 is 5.98. The number of rotatable bonds is 3. The Morgan fingerprint density at radius 1 is 1.38 bits per heavy atom. The van der Waals surface area contributed by atoms with Crippen molar-refractivity contribution < 1.29 is 19.4 Å². The average molecular weight is 222 g/mol. The van der Waals surface area contributed by atoms with E-state index in [1.807, 2.05) is 0 Å². The zero-order valence-electron chi connectivity index (χ0n) is 7.49. The molecule has 0 spiro atoms. The number of thioether (sulfide) groups is 1. The molecule has 1 N–H and O–H groups in total. The molecule has 0 rings (SSSR count). The summed E-state index contributed by atoms with van der Waals surface area (Å²) in [7, 11) is 2.44. The predicted octanol–water partition coefficient (Wildman–Crippen LogP) is 1.27. The first-order chi connectivity index (χ1) is 6.08. The minimum Gasteiger partial charge on any atom is -0.480 e. The maximum Gasteiger partial charge on any atom is 0.347 e. The van der Waals surface area contributed by atoms with Crippen molar-refractivity contribution >= 4 is 34.1 Å². The van der Waals surface area contributed by atoms with Crippen LogP contribution < -0.4 is 0 Å². The molecule has 0 amide bonds. The number of carbonyl (C=O) groups excluding carboxylic acids is 1. The second kappa shape index (κ2) is 5.82. The zero-order chi connectivity index (χ0) is 10.4. The van der Waals surface area contributed by atoms with E-state index in [1.165, 1.54) is 14.2 Å². The van der Waals surface area contributed by atoms with Gasteiger partial charge in [-0.2, -0.15) is 0 Å². The van der Waals surface area contributed by atoms with Crippen LogP contribution in [0.25, 0.3) is 0 Å². The molecule has 0 aliphatic heterocycles. The van der Waals surface area contributed by atoms with Gasteiger partial charge in [-0.3, -0.25) is 0 Å². The Hall–Kier alpha value is -0.750. The van der Waals surface area contributed by atoms with Crippen molar-refractivity contribution in [3.8, 4) is 0 Å². The summed E-state index contributed by atoms with van der Waals surface area (Å²) in [6, 6.07) is 0. The molecule has 0 saturated carbocycles. The number of hydrogen-bond acceptors (Lipinski definition) is 6. The lowest BCUT2D eigenvalue weighted by Gasteiger charge is -2.06. The van der Waals surface area contributed by atoms with Gasteiger partial charge in [0.25, 0.3) is 5.95 Å². The van der Waals surface area contributed by atoms with Crippen LogP contribution in [0.15, 0.2) is 11.5 Å². The summed E-state index contributed by atoms with van der Waals surface area (Å²) in [5.74, 6) is -1.23. The van der Waals surface area contributed by atoms with Gasteiger partial charge in [-0.15, -0.1) is 11.8 Å². The van der Waals surface area contributed by atoms with E-state index in [9.17, 15) is 9.90 Å². The van der Waals surface area contributed by atoms with Crippen LogP contribution in [0.4, 0.5) is 0 Å². The SMILES string of the molecule is COC(=O)C(C(=S)SC)=C(O)OC. The number of methoxy groups -OCH3 is 2. The van der Waals surface area contributed by atoms with Gasteiger partial charge in [-0.05, 0) is 6.26 Å². The van der Waals surface area contributed by atoms with Gasteiger partial charge in [0, 0.05) is 0 Å². The quantitative estimate of drug-likeness (QED) is 0.336. The Bertz CT molecular complexity index is 229. The molecule has 0 aromatic heterocycles. The van der Waals surface area contributed by atoms with Gasteiger partial charge in [0.1, 0.15) is 0 Å². The molecule has 0 radical (unpaired) electrons. The Kier molecular flexibility index (Phi) is 5.48. The Morgan fingerprint density at radius 2 is 1.92 bits per heavy atom. The van der Waals surface area contributed by atoms with Crippen LogP contribution in [-0.4, -0.2) is 35.7 Å². The first-order valence-corrected chi connectivity index (χ1v) is 4.85. The smallest absolute Gasteiger partial charge is 0.347 e. The van der Waals surface area contributed by atoms with Gasteiger partial charge >= 0.3 is 5.97 Å². The van der Waals surface area contributed by atoms with Gasteiger partial charge in [0.05, 0.1) is 18.4 Å². The molecule has 74 valence electrons. The summed E-state index contributed by atoms with van der Waals surface area (Å²) in [6.07, 6.45) is 1.69. The van der Waals surface area contributed by atoms with Crippen LogP contribution in [0.2, 0.25) is 0 Å². The molecule has 0 aromatic carbocycles. The zero-order valence-corrected chi connectivity index (χ0v) is 9.12. The normalized spacial score (nSPS) is 11.6. The molecule has 0 unspecified atom stereocenters. The molecule has 0 fully saturated rings.